The number of carbonyl (C=O) groups excluding carboxylic acids is 1. The van der Waals surface area contributed by atoms with Crippen molar-refractivity contribution < 1.29 is 14.3 Å². The molecule has 0 radical (unpaired) electrons. The first-order valence-electron chi connectivity index (χ1n) is 7.42. The second-order valence-electron chi connectivity index (χ2n) is 6.73. The van der Waals surface area contributed by atoms with Crippen molar-refractivity contribution in [3.8, 4) is 0 Å². The molecule has 21 heavy (non-hydrogen) atoms. The van der Waals surface area contributed by atoms with E-state index in [0.717, 1.165) is 12.8 Å². The van der Waals surface area contributed by atoms with E-state index >= 15 is 0 Å². The van der Waals surface area contributed by atoms with E-state index in [1.807, 2.05) is 19.3 Å². The zero-order valence-corrected chi connectivity index (χ0v) is 13.6. The van der Waals surface area contributed by atoms with Gasteiger partial charge in [-0.3, -0.25) is 4.90 Å². The molecule has 1 saturated heterocycles. The van der Waals surface area contributed by atoms with Crippen LogP contribution in [-0.2, 0) is 22.9 Å². The van der Waals surface area contributed by atoms with Crippen LogP contribution >= 0.6 is 0 Å². The number of nitrogens with zero attached hydrogens (tertiary/aromatic N) is 2. The maximum absolute atomic E-state index is 12.1. The molecular formula is C16H26N2O3. The van der Waals surface area contributed by atoms with Crippen LogP contribution < -0.4 is 0 Å². The summed E-state index contributed by atoms with van der Waals surface area (Å²) in [5.74, 6) is 0. The average molecular weight is 294 g/mol. The highest BCUT2D eigenvalue weighted by atomic mass is 16.6. The lowest BCUT2D eigenvalue weighted by Crippen LogP contribution is -2.47. The Balaban J connectivity index is 2.08. The largest absolute Gasteiger partial charge is 0.453 e. The molecule has 1 amide bonds. The lowest BCUT2D eigenvalue weighted by atomic mass is 9.93. The summed E-state index contributed by atoms with van der Waals surface area (Å²) in [7, 11) is 3.46. The molecule has 0 bridgehead atoms. The van der Waals surface area contributed by atoms with E-state index in [4.69, 9.17) is 9.47 Å². The van der Waals surface area contributed by atoms with Crippen molar-refractivity contribution in [2.45, 2.75) is 45.9 Å². The van der Waals surface area contributed by atoms with Crippen molar-refractivity contribution in [1.29, 1.82) is 0 Å². The fraction of sp³-hybridized carbons (Fsp3) is 0.688. The molecule has 118 valence electrons. The monoisotopic (exact) mass is 294 g/mol. The van der Waals surface area contributed by atoms with Gasteiger partial charge in [0.2, 0.25) is 0 Å². The second-order valence-corrected chi connectivity index (χ2v) is 6.73. The van der Waals surface area contributed by atoms with Crippen LogP contribution in [-0.4, -0.2) is 41.5 Å². The molecule has 1 aromatic rings. The molecule has 5 heteroatoms. The molecule has 2 rings (SSSR count). The van der Waals surface area contributed by atoms with Gasteiger partial charge in [0.1, 0.15) is 6.23 Å². The van der Waals surface area contributed by atoms with Gasteiger partial charge in [-0.25, -0.2) is 4.79 Å². The van der Waals surface area contributed by atoms with Gasteiger partial charge < -0.3 is 14.0 Å². The average Bonchev–Trinajstić information content (AvgIpc) is 3.01. The van der Waals surface area contributed by atoms with Gasteiger partial charge in [-0.15, -0.1) is 0 Å². The lowest BCUT2D eigenvalue weighted by Gasteiger charge is -2.34. The van der Waals surface area contributed by atoms with Crippen molar-refractivity contribution in [2.24, 2.45) is 12.5 Å². The van der Waals surface area contributed by atoms with Crippen LogP contribution in [0.2, 0.25) is 0 Å². The molecule has 1 aliphatic heterocycles. The molecule has 0 N–H and O–H groups in total. The molecule has 1 aliphatic rings. The number of rotatable bonds is 3. The fourth-order valence-corrected chi connectivity index (χ4v) is 2.86. The Labute approximate surface area is 126 Å². The summed E-state index contributed by atoms with van der Waals surface area (Å²) in [5.41, 5.74) is 1.13. The molecule has 2 atom stereocenters. The van der Waals surface area contributed by atoms with Gasteiger partial charge in [-0.1, -0.05) is 20.8 Å². The Morgan fingerprint density at radius 2 is 2.19 bits per heavy atom. The molecule has 0 unspecified atom stereocenters. The number of amides is 1. The topological polar surface area (TPSA) is 43.7 Å². The Bertz CT molecular complexity index is 490. The standard InChI is InChI=1S/C16H26N2O3/c1-16(2,3)14-18(15(19)20-5)13(11-21-14)9-8-12-7-6-10-17(12)4/h6-7,10,13-14H,8-9,11H2,1-5H3/t13-,14-/m1/s1. The Hall–Kier alpha value is -1.49. The van der Waals surface area contributed by atoms with Crippen molar-refractivity contribution in [3.63, 3.8) is 0 Å². The van der Waals surface area contributed by atoms with Crippen LogP contribution in [0.5, 0.6) is 0 Å². The van der Waals surface area contributed by atoms with Crippen LogP contribution in [0.15, 0.2) is 18.3 Å². The van der Waals surface area contributed by atoms with Crippen LogP contribution in [0, 0.1) is 5.41 Å². The highest BCUT2D eigenvalue weighted by molar-refractivity contribution is 5.68. The van der Waals surface area contributed by atoms with E-state index in [1.54, 1.807) is 4.90 Å². The Kier molecular flexibility index (Phi) is 4.61. The van der Waals surface area contributed by atoms with Crippen molar-refractivity contribution in [1.82, 2.24) is 9.47 Å². The van der Waals surface area contributed by atoms with Gasteiger partial charge in [-0.2, -0.15) is 0 Å². The SMILES string of the molecule is COC(=O)N1[C@H](CCc2cccn2C)CO[C@@H]1C(C)(C)C. The van der Waals surface area contributed by atoms with E-state index in [1.165, 1.54) is 12.8 Å². The smallest absolute Gasteiger partial charge is 0.411 e. The minimum atomic E-state index is -0.302. The minimum absolute atomic E-state index is 0.0663. The van der Waals surface area contributed by atoms with Crippen LogP contribution in [0.1, 0.15) is 32.9 Å². The number of hydrogen-bond acceptors (Lipinski definition) is 3. The molecule has 1 aromatic heterocycles. The number of methoxy groups -OCH3 is 1. The second kappa shape index (κ2) is 6.10. The molecule has 0 spiro atoms. The highest BCUT2D eigenvalue weighted by Crippen LogP contribution is 2.33. The van der Waals surface area contributed by atoms with Crippen molar-refractivity contribution in [2.75, 3.05) is 13.7 Å². The summed E-state index contributed by atoms with van der Waals surface area (Å²) in [6, 6.07) is 4.22. The number of aryl methyl sites for hydroxylation is 2. The van der Waals surface area contributed by atoms with Gasteiger partial charge in [-0.05, 0) is 25.0 Å². The third kappa shape index (κ3) is 3.40. The first kappa shape index (κ1) is 15.9. The maximum Gasteiger partial charge on any atom is 0.411 e. The van der Waals surface area contributed by atoms with Gasteiger partial charge in [0.05, 0.1) is 19.8 Å². The molecule has 5 nitrogen and oxygen atoms in total. The summed E-state index contributed by atoms with van der Waals surface area (Å²) in [4.78, 5) is 13.9. The molecule has 0 aromatic carbocycles. The highest BCUT2D eigenvalue weighted by Gasteiger charge is 2.44. The summed E-state index contributed by atoms with van der Waals surface area (Å²) >= 11 is 0. The predicted octanol–water partition coefficient (Wildman–Crippen LogP) is 2.80. The van der Waals surface area contributed by atoms with E-state index in [2.05, 4.69) is 31.4 Å². The number of ether oxygens (including phenoxy) is 2. The van der Waals surface area contributed by atoms with Gasteiger partial charge >= 0.3 is 6.09 Å². The maximum atomic E-state index is 12.1. The summed E-state index contributed by atoms with van der Waals surface area (Å²) in [5, 5.41) is 0. The normalized spacial score (nSPS) is 22.6. The lowest BCUT2D eigenvalue weighted by molar-refractivity contribution is -0.0420. The Morgan fingerprint density at radius 1 is 1.48 bits per heavy atom. The number of hydrogen-bond donors (Lipinski definition) is 0. The van der Waals surface area contributed by atoms with Gasteiger partial charge in [0, 0.05) is 24.4 Å². The quantitative estimate of drug-likeness (QED) is 0.861. The van der Waals surface area contributed by atoms with E-state index in [0.29, 0.717) is 6.61 Å². The van der Waals surface area contributed by atoms with Crippen molar-refractivity contribution >= 4 is 6.09 Å². The fourth-order valence-electron chi connectivity index (χ4n) is 2.86. The third-order valence-corrected chi connectivity index (χ3v) is 4.00. The first-order valence-corrected chi connectivity index (χ1v) is 7.42. The molecule has 2 heterocycles. The van der Waals surface area contributed by atoms with Gasteiger partial charge in [0.15, 0.2) is 0 Å². The summed E-state index contributed by atoms with van der Waals surface area (Å²) in [6.45, 7) is 6.80. The molecule has 0 saturated carbocycles. The zero-order valence-electron chi connectivity index (χ0n) is 13.6. The van der Waals surface area contributed by atoms with Crippen LogP contribution in [0.4, 0.5) is 4.79 Å². The molecule has 1 fully saturated rings. The van der Waals surface area contributed by atoms with Gasteiger partial charge in [0.25, 0.3) is 0 Å². The number of aromatic nitrogens is 1. The number of carbonyl (C=O) groups is 1. The molecule has 0 aliphatic carbocycles. The first-order chi connectivity index (χ1) is 9.84. The Morgan fingerprint density at radius 3 is 2.71 bits per heavy atom. The van der Waals surface area contributed by atoms with E-state index < -0.39 is 0 Å². The van der Waals surface area contributed by atoms with E-state index in [-0.39, 0.29) is 23.8 Å². The minimum Gasteiger partial charge on any atom is -0.453 e. The van der Waals surface area contributed by atoms with Crippen LogP contribution in [0.3, 0.4) is 0 Å². The predicted molar refractivity (Wildman–Crippen MR) is 81.0 cm³/mol. The third-order valence-electron chi connectivity index (χ3n) is 4.00. The zero-order chi connectivity index (χ0) is 15.6. The van der Waals surface area contributed by atoms with E-state index in [9.17, 15) is 4.79 Å². The summed E-state index contributed by atoms with van der Waals surface area (Å²) < 4.78 is 12.9. The molecular weight excluding hydrogens is 268 g/mol. The van der Waals surface area contributed by atoms with Crippen molar-refractivity contribution in [3.05, 3.63) is 24.0 Å². The summed E-state index contributed by atoms with van der Waals surface area (Å²) in [6.07, 6.45) is 3.30. The van der Waals surface area contributed by atoms with Crippen LogP contribution in [0.25, 0.3) is 0 Å².